The number of benzene rings is 1. The van der Waals surface area contributed by atoms with E-state index in [1.807, 2.05) is 24.3 Å². The second-order valence-corrected chi connectivity index (χ2v) is 4.67. The second kappa shape index (κ2) is 7.14. The Labute approximate surface area is 126 Å². The number of methoxy groups -OCH3 is 2. The molecule has 0 atom stereocenters. The number of aromatic nitrogens is 1. The summed E-state index contributed by atoms with van der Waals surface area (Å²) in [5.74, 6) is 1.93. The number of nitrogens with zero attached hydrogens (tertiary/aromatic N) is 1. The maximum absolute atomic E-state index is 5.84. The third-order valence-electron chi connectivity index (χ3n) is 2.81. The van der Waals surface area contributed by atoms with Crippen LogP contribution in [0, 0.1) is 0 Å². The molecule has 1 heterocycles. The lowest BCUT2D eigenvalue weighted by molar-refractivity contribution is 0.265. The van der Waals surface area contributed by atoms with Gasteiger partial charge in [-0.05, 0) is 35.4 Å². The first-order chi connectivity index (χ1) is 9.78. The van der Waals surface area contributed by atoms with Gasteiger partial charge in [-0.1, -0.05) is 15.9 Å². The number of halogens is 1. The Morgan fingerprint density at radius 1 is 1.00 bits per heavy atom. The highest BCUT2D eigenvalue weighted by Gasteiger charge is 2.14. The van der Waals surface area contributed by atoms with Gasteiger partial charge in [-0.3, -0.25) is 4.98 Å². The van der Waals surface area contributed by atoms with Crippen LogP contribution in [0.1, 0.15) is 11.1 Å². The predicted octanol–water partition coefficient (Wildman–Crippen LogP) is 3.57. The van der Waals surface area contributed by atoms with E-state index in [1.165, 1.54) is 0 Å². The molecular weight excluding hydrogens is 322 g/mol. The molecule has 2 aromatic rings. The number of ether oxygens (including phenoxy) is 3. The Hall–Kier alpha value is -1.75. The number of alkyl halides is 1. The van der Waals surface area contributed by atoms with Crippen LogP contribution >= 0.6 is 15.9 Å². The number of rotatable bonds is 6. The topological polar surface area (TPSA) is 40.6 Å². The lowest BCUT2D eigenvalue weighted by Crippen LogP contribution is -2.01. The van der Waals surface area contributed by atoms with Crippen molar-refractivity contribution in [2.75, 3.05) is 14.2 Å². The van der Waals surface area contributed by atoms with Crippen molar-refractivity contribution in [1.82, 2.24) is 4.98 Å². The molecule has 20 heavy (non-hydrogen) atoms. The molecule has 0 bridgehead atoms. The number of hydrogen-bond donors (Lipinski definition) is 0. The highest BCUT2D eigenvalue weighted by Crippen LogP contribution is 2.39. The zero-order chi connectivity index (χ0) is 14.4. The Morgan fingerprint density at radius 2 is 1.60 bits per heavy atom. The molecule has 0 aliphatic rings. The minimum atomic E-state index is 0.433. The molecule has 5 heteroatoms. The molecular formula is C15H16BrNO3. The van der Waals surface area contributed by atoms with Crippen LogP contribution in [0.4, 0.5) is 0 Å². The first-order valence-electron chi connectivity index (χ1n) is 6.11. The summed E-state index contributed by atoms with van der Waals surface area (Å²) in [5, 5.41) is 0.727. The van der Waals surface area contributed by atoms with Gasteiger partial charge < -0.3 is 14.2 Å². The smallest absolute Gasteiger partial charge is 0.203 e. The zero-order valence-corrected chi connectivity index (χ0v) is 13.0. The van der Waals surface area contributed by atoms with Gasteiger partial charge in [0.25, 0.3) is 0 Å². The summed E-state index contributed by atoms with van der Waals surface area (Å²) in [7, 11) is 3.23. The van der Waals surface area contributed by atoms with Gasteiger partial charge in [-0.15, -0.1) is 0 Å². The molecule has 0 saturated carbocycles. The Morgan fingerprint density at radius 3 is 2.10 bits per heavy atom. The van der Waals surface area contributed by atoms with Gasteiger partial charge >= 0.3 is 0 Å². The van der Waals surface area contributed by atoms with Crippen molar-refractivity contribution in [2.24, 2.45) is 0 Å². The van der Waals surface area contributed by atoms with Gasteiger partial charge in [0, 0.05) is 17.7 Å². The van der Waals surface area contributed by atoms with Crippen LogP contribution in [0.5, 0.6) is 17.2 Å². The maximum Gasteiger partial charge on any atom is 0.203 e. The summed E-state index contributed by atoms with van der Waals surface area (Å²) < 4.78 is 16.6. The van der Waals surface area contributed by atoms with E-state index >= 15 is 0 Å². The van der Waals surface area contributed by atoms with Crippen LogP contribution in [-0.2, 0) is 11.9 Å². The van der Waals surface area contributed by atoms with Crippen molar-refractivity contribution in [3.8, 4) is 17.2 Å². The van der Waals surface area contributed by atoms with E-state index in [2.05, 4.69) is 20.9 Å². The second-order valence-electron chi connectivity index (χ2n) is 4.11. The summed E-state index contributed by atoms with van der Waals surface area (Å²) in [6.07, 6.45) is 3.47. The third-order valence-corrected chi connectivity index (χ3v) is 3.45. The van der Waals surface area contributed by atoms with Gasteiger partial charge in [-0.2, -0.15) is 0 Å². The molecule has 2 rings (SSSR count). The molecule has 106 valence electrons. The summed E-state index contributed by atoms with van der Waals surface area (Å²) in [6.45, 7) is 0.433. The van der Waals surface area contributed by atoms with Crippen LogP contribution < -0.4 is 14.2 Å². The lowest BCUT2D eigenvalue weighted by atomic mass is 10.2. The highest BCUT2D eigenvalue weighted by molar-refractivity contribution is 9.08. The molecule has 0 saturated heterocycles. The van der Waals surface area contributed by atoms with E-state index in [4.69, 9.17) is 14.2 Å². The average molecular weight is 338 g/mol. The van der Waals surface area contributed by atoms with E-state index in [1.54, 1.807) is 26.6 Å². The molecule has 0 spiro atoms. The Kier molecular flexibility index (Phi) is 5.24. The SMILES string of the molecule is COc1cc(CBr)cc(OC)c1OCc1ccncc1. The van der Waals surface area contributed by atoms with E-state index < -0.39 is 0 Å². The van der Waals surface area contributed by atoms with Crippen molar-refractivity contribution in [1.29, 1.82) is 0 Å². The van der Waals surface area contributed by atoms with Crippen LogP contribution in [0.3, 0.4) is 0 Å². The monoisotopic (exact) mass is 337 g/mol. The molecule has 1 aromatic heterocycles. The van der Waals surface area contributed by atoms with E-state index in [0.717, 1.165) is 16.5 Å². The zero-order valence-electron chi connectivity index (χ0n) is 11.4. The normalized spacial score (nSPS) is 10.2. The van der Waals surface area contributed by atoms with Gasteiger partial charge in [0.1, 0.15) is 6.61 Å². The standard InChI is InChI=1S/C15H16BrNO3/c1-18-13-7-12(9-16)8-14(19-2)15(13)20-10-11-3-5-17-6-4-11/h3-8H,9-10H2,1-2H3. The molecule has 0 unspecified atom stereocenters. The van der Waals surface area contributed by atoms with E-state index in [-0.39, 0.29) is 0 Å². The quantitative estimate of drug-likeness (QED) is 0.755. The molecule has 0 aliphatic carbocycles. The molecule has 0 aliphatic heterocycles. The van der Waals surface area contributed by atoms with Gasteiger partial charge in [0.2, 0.25) is 5.75 Å². The number of hydrogen-bond acceptors (Lipinski definition) is 4. The molecule has 1 aromatic carbocycles. The summed E-state index contributed by atoms with van der Waals surface area (Å²) in [5.41, 5.74) is 2.10. The minimum absolute atomic E-state index is 0.433. The largest absolute Gasteiger partial charge is 0.493 e. The van der Waals surface area contributed by atoms with Gasteiger partial charge in [0.05, 0.1) is 14.2 Å². The van der Waals surface area contributed by atoms with Gasteiger partial charge in [-0.25, -0.2) is 0 Å². The minimum Gasteiger partial charge on any atom is -0.493 e. The molecule has 0 fully saturated rings. The predicted molar refractivity (Wildman–Crippen MR) is 80.7 cm³/mol. The highest BCUT2D eigenvalue weighted by atomic mass is 79.9. The Balaban J connectivity index is 2.25. The van der Waals surface area contributed by atoms with Crippen LogP contribution in [0.2, 0.25) is 0 Å². The van der Waals surface area contributed by atoms with Gasteiger partial charge in [0.15, 0.2) is 11.5 Å². The van der Waals surface area contributed by atoms with Crippen molar-refractivity contribution < 1.29 is 14.2 Å². The fourth-order valence-electron chi connectivity index (χ4n) is 1.79. The van der Waals surface area contributed by atoms with Crippen LogP contribution in [0.15, 0.2) is 36.7 Å². The van der Waals surface area contributed by atoms with Crippen molar-refractivity contribution >= 4 is 15.9 Å². The average Bonchev–Trinajstić information content (AvgIpc) is 2.52. The van der Waals surface area contributed by atoms with Crippen LogP contribution in [-0.4, -0.2) is 19.2 Å². The fourth-order valence-corrected chi connectivity index (χ4v) is 2.11. The van der Waals surface area contributed by atoms with Crippen molar-refractivity contribution in [2.45, 2.75) is 11.9 Å². The third kappa shape index (κ3) is 3.42. The van der Waals surface area contributed by atoms with Crippen molar-refractivity contribution in [3.05, 3.63) is 47.8 Å². The maximum atomic E-state index is 5.84. The molecule has 0 N–H and O–H groups in total. The van der Waals surface area contributed by atoms with E-state index in [9.17, 15) is 0 Å². The first-order valence-corrected chi connectivity index (χ1v) is 7.23. The summed E-state index contributed by atoms with van der Waals surface area (Å²) in [6, 6.07) is 7.68. The summed E-state index contributed by atoms with van der Waals surface area (Å²) >= 11 is 3.43. The molecule has 4 nitrogen and oxygen atoms in total. The Bertz CT molecular complexity index is 535. The van der Waals surface area contributed by atoms with E-state index in [0.29, 0.717) is 23.9 Å². The first kappa shape index (κ1) is 14.7. The molecule has 0 amide bonds. The lowest BCUT2D eigenvalue weighted by Gasteiger charge is -2.15. The van der Waals surface area contributed by atoms with Crippen LogP contribution in [0.25, 0.3) is 0 Å². The summed E-state index contributed by atoms with van der Waals surface area (Å²) in [4.78, 5) is 3.98. The van der Waals surface area contributed by atoms with Crippen molar-refractivity contribution in [3.63, 3.8) is 0 Å². The number of pyridine rings is 1. The molecule has 0 radical (unpaired) electrons. The fraction of sp³-hybridized carbons (Fsp3) is 0.267.